The highest BCUT2D eigenvalue weighted by atomic mass is 19.1. The highest BCUT2D eigenvalue weighted by Crippen LogP contribution is 2.53. The molecule has 0 aromatic rings. The predicted molar refractivity (Wildman–Crippen MR) is 92.7 cm³/mol. The fraction of sp³-hybridized carbons (Fsp3) is 0.842. The van der Waals surface area contributed by atoms with Crippen molar-refractivity contribution in [2.24, 2.45) is 5.41 Å². The molecule has 0 aromatic carbocycles. The third kappa shape index (κ3) is 2.88. The largest absolute Gasteiger partial charge is 0.342 e. The van der Waals surface area contributed by atoms with Crippen LogP contribution in [0.4, 0.5) is 4.39 Å². The number of amides is 2. The first-order valence-electron chi connectivity index (χ1n) is 9.85. The number of carbonyl (C=O) groups is 2. The van der Waals surface area contributed by atoms with E-state index in [1.165, 1.54) is 4.90 Å². The van der Waals surface area contributed by atoms with Gasteiger partial charge < -0.3 is 15.1 Å². The Morgan fingerprint density at radius 2 is 1.81 bits per heavy atom. The molecule has 0 spiro atoms. The summed E-state index contributed by atoms with van der Waals surface area (Å²) in [5.41, 5.74) is -0.250. The molecular formula is C19H27FN4O2. The number of hydrogen-bond donors (Lipinski definition) is 1. The molecule has 3 aliphatic carbocycles. The molecular weight excluding hydrogens is 335 g/mol. The van der Waals surface area contributed by atoms with Crippen molar-refractivity contribution in [3.05, 3.63) is 0 Å². The Labute approximate surface area is 153 Å². The molecule has 1 N–H and O–H groups in total. The number of nitrogens with zero attached hydrogens (tertiary/aromatic N) is 3. The van der Waals surface area contributed by atoms with E-state index >= 15 is 0 Å². The van der Waals surface area contributed by atoms with Crippen LogP contribution in [0.3, 0.4) is 0 Å². The standard InChI is InChI=1S/C19H27FN4O2/c20-14-10-15(11-21)24(13-14)16(25)12-22-19-5-2-18(3-6-19,4-7-19)17(26)23-8-1-9-23/h14-15,22H,1-10,12-13H2/t14-,15-,18?,19?/m0/s1. The number of fused-ring (bicyclic) bond motifs is 3. The molecule has 5 aliphatic rings. The SMILES string of the molecule is N#C[C@@H]1C[C@H](F)CN1C(=O)CNC12CCC(C(=O)N3CCC3)(CC1)CC2. The second-order valence-corrected chi connectivity index (χ2v) is 8.58. The third-order valence-electron chi connectivity index (χ3n) is 7.18. The van der Waals surface area contributed by atoms with Crippen LogP contribution < -0.4 is 5.32 Å². The fourth-order valence-corrected chi connectivity index (χ4v) is 5.17. The van der Waals surface area contributed by atoms with Crippen LogP contribution in [0.25, 0.3) is 0 Å². The summed E-state index contributed by atoms with van der Waals surface area (Å²) in [6, 6.07) is 1.39. The zero-order valence-corrected chi connectivity index (χ0v) is 15.2. The van der Waals surface area contributed by atoms with E-state index in [-0.39, 0.29) is 36.4 Å². The minimum atomic E-state index is -1.10. The van der Waals surface area contributed by atoms with Gasteiger partial charge in [-0.05, 0) is 44.9 Å². The van der Waals surface area contributed by atoms with Gasteiger partial charge in [-0.2, -0.15) is 5.26 Å². The molecule has 26 heavy (non-hydrogen) atoms. The van der Waals surface area contributed by atoms with Crippen LogP contribution >= 0.6 is 0 Å². The van der Waals surface area contributed by atoms with Crippen LogP contribution in [-0.4, -0.2) is 65.5 Å². The van der Waals surface area contributed by atoms with Crippen molar-refractivity contribution in [3.63, 3.8) is 0 Å². The highest BCUT2D eigenvalue weighted by Gasteiger charge is 2.53. The topological polar surface area (TPSA) is 76.4 Å². The number of nitriles is 1. The third-order valence-corrected chi connectivity index (χ3v) is 7.18. The molecule has 2 atom stereocenters. The molecule has 5 fully saturated rings. The van der Waals surface area contributed by atoms with Crippen LogP contribution in [-0.2, 0) is 9.59 Å². The second-order valence-electron chi connectivity index (χ2n) is 8.58. The van der Waals surface area contributed by atoms with E-state index < -0.39 is 12.2 Å². The van der Waals surface area contributed by atoms with Crippen LogP contribution in [0, 0.1) is 16.7 Å². The van der Waals surface area contributed by atoms with E-state index in [4.69, 9.17) is 5.26 Å². The van der Waals surface area contributed by atoms with Crippen molar-refractivity contribution in [3.8, 4) is 6.07 Å². The summed E-state index contributed by atoms with van der Waals surface area (Å²) in [4.78, 5) is 28.6. The Hall–Kier alpha value is -1.68. The lowest BCUT2D eigenvalue weighted by Crippen LogP contribution is -2.61. The van der Waals surface area contributed by atoms with Gasteiger partial charge in [-0.15, -0.1) is 0 Å². The van der Waals surface area contributed by atoms with E-state index in [0.717, 1.165) is 58.0 Å². The summed E-state index contributed by atoms with van der Waals surface area (Å²) in [6.07, 6.45) is 5.54. The molecule has 2 amide bonds. The van der Waals surface area contributed by atoms with Gasteiger partial charge in [0.1, 0.15) is 12.2 Å². The van der Waals surface area contributed by atoms with Crippen molar-refractivity contribution in [2.45, 2.75) is 69.1 Å². The summed E-state index contributed by atoms with van der Waals surface area (Å²) in [5.74, 6) is 0.154. The van der Waals surface area contributed by atoms with Gasteiger partial charge in [0.2, 0.25) is 11.8 Å². The van der Waals surface area contributed by atoms with Crippen molar-refractivity contribution >= 4 is 11.8 Å². The van der Waals surface area contributed by atoms with Gasteiger partial charge in [0.05, 0.1) is 19.2 Å². The Kier molecular flexibility index (Phi) is 4.42. The van der Waals surface area contributed by atoms with Gasteiger partial charge in [0, 0.05) is 30.5 Å². The van der Waals surface area contributed by atoms with Crippen molar-refractivity contribution in [2.75, 3.05) is 26.2 Å². The van der Waals surface area contributed by atoms with Gasteiger partial charge in [-0.1, -0.05) is 0 Å². The Bertz CT molecular complexity index is 617. The summed E-state index contributed by atoms with van der Waals surface area (Å²) in [7, 11) is 0. The summed E-state index contributed by atoms with van der Waals surface area (Å²) < 4.78 is 13.5. The average Bonchev–Trinajstić information content (AvgIpc) is 3.01. The van der Waals surface area contributed by atoms with E-state index in [9.17, 15) is 14.0 Å². The van der Waals surface area contributed by atoms with Gasteiger partial charge >= 0.3 is 0 Å². The maximum absolute atomic E-state index is 13.5. The Morgan fingerprint density at radius 3 is 2.35 bits per heavy atom. The summed E-state index contributed by atoms with van der Waals surface area (Å²) in [6.45, 7) is 1.99. The second kappa shape index (κ2) is 6.49. The van der Waals surface area contributed by atoms with Gasteiger partial charge in [0.25, 0.3) is 0 Å². The van der Waals surface area contributed by atoms with E-state index in [1.54, 1.807) is 0 Å². The lowest BCUT2D eigenvalue weighted by atomic mass is 9.56. The Morgan fingerprint density at radius 1 is 1.15 bits per heavy atom. The molecule has 2 saturated heterocycles. The van der Waals surface area contributed by atoms with Crippen molar-refractivity contribution in [1.29, 1.82) is 5.26 Å². The first kappa shape index (κ1) is 17.7. The molecule has 0 aromatic heterocycles. The van der Waals surface area contributed by atoms with Gasteiger partial charge in [-0.3, -0.25) is 9.59 Å². The molecule has 2 heterocycles. The van der Waals surface area contributed by atoms with Crippen LogP contribution in [0.5, 0.6) is 0 Å². The minimum Gasteiger partial charge on any atom is -0.342 e. The van der Waals surface area contributed by atoms with Crippen LogP contribution in [0.15, 0.2) is 0 Å². The molecule has 5 rings (SSSR count). The van der Waals surface area contributed by atoms with E-state index in [0.29, 0.717) is 5.91 Å². The van der Waals surface area contributed by atoms with Crippen molar-refractivity contribution < 1.29 is 14.0 Å². The van der Waals surface area contributed by atoms with Crippen LogP contribution in [0.2, 0.25) is 0 Å². The molecule has 0 unspecified atom stereocenters. The molecule has 0 radical (unpaired) electrons. The molecule has 2 aliphatic heterocycles. The van der Waals surface area contributed by atoms with Gasteiger partial charge in [0.15, 0.2) is 0 Å². The predicted octanol–water partition coefficient (Wildman–Crippen LogP) is 1.36. The molecule has 142 valence electrons. The lowest BCUT2D eigenvalue weighted by Gasteiger charge is -2.54. The first-order chi connectivity index (χ1) is 12.5. The lowest BCUT2D eigenvalue weighted by molar-refractivity contribution is -0.154. The summed E-state index contributed by atoms with van der Waals surface area (Å²) >= 11 is 0. The molecule has 2 bridgehead atoms. The van der Waals surface area contributed by atoms with Gasteiger partial charge in [-0.25, -0.2) is 4.39 Å². The first-order valence-corrected chi connectivity index (χ1v) is 9.85. The molecule has 3 saturated carbocycles. The van der Waals surface area contributed by atoms with E-state index in [2.05, 4.69) is 5.32 Å². The Balaban J connectivity index is 1.32. The maximum atomic E-state index is 13.5. The number of rotatable bonds is 4. The number of alkyl halides is 1. The van der Waals surface area contributed by atoms with Crippen LogP contribution in [0.1, 0.15) is 51.4 Å². The quantitative estimate of drug-likeness (QED) is 0.819. The monoisotopic (exact) mass is 362 g/mol. The number of halogens is 1. The number of hydrogen-bond acceptors (Lipinski definition) is 4. The molecule has 7 heteroatoms. The van der Waals surface area contributed by atoms with E-state index in [1.807, 2.05) is 11.0 Å². The normalized spacial score (nSPS) is 38.8. The fourth-order valence-electron chi connectivity index (χ4n) is 5.17. The smallest absolute Gasteiger partial charge is 0.237 e. The number of likely N-dealkylation sites (tertiary alicyclic amines) is 2. The average molecular weight is 362 g/mol. The minimum absolute atomic E-state index is 0.0270. The van der Waals surface area contributed by atoms with Crippen molar-refractivity contribution in [1.82, 2.24) is 15.1 Å². The summed E-state index contributed by atoms with van der Waals surface area (Å²) in [5, 5.41) is 12.5. The maximum Gasteiger partial charge on any atom is 0.237 e. The zero-order valence-electron chi connectivity index (χ0n) is 15.2. The number of carbonyl (C=O) groups excluding carboxylic acids is 2. The number of nitrogens with one attached hydrogen (secondary N) is 1. The molecule has 6 nitrogen and oxygen atoms in total. The zero-order chi connectivity index (χ0) is 18.4. The highest BCUT2D eigenvalue weighted by molar-refractivity contribution is 5.84.